The number of rotatable bonds is 8. The van der Waals surface area contributed by atoms with Crippen molar-refractivity contribution >= 4 is 40.5 Å². The van der Waals surface area contributed by atoms with Crippen LogP contribution in [0.25, 0.3) is 10.6 Å². The summed E-state index contributed by atoms with van der Waals surface area (Å²) in [5.74, 6) is -0.945. The number of thiazole rings is 1. The van der Waals surface area contributed by atoms with E-state index in [2.05, 4.69) is 4.98 Å². The molecule has 1 amide bonds. The van der Waals surface area contributed by atoms with E-state index < -0.39 is 18.5 Å². The number of anilines is 1. The molecule has 8 heteroatoms. The van der Waals surface area contributed by atoms with Gasteiger partial charge < -0.3 is 9.64 Å². The maximum absolute atomic E-state index is 12.7. The van der Waals surface area contributed by atoms with Crippen LogP contribution in [0, 0.1) is 18.3 Å². The van der Waals surface area contributed by atoms with Gasteiger partial charge in [0.15, 0.2) is 6.61 Å². The number of ether oxygens (including phenoxy) is 1. The van der Waals surface area contributed by atoms with Gasteiger partial charge in [-0.2, -0.15) is 5.26 Å². The summed E-state index contributed by atoms with van der Waals surface area (Å²) in [6.07, 6.45) is 0.136. The van der Waals surface area contributed by atoms with E-state index in [-0.39, 0.29) is 19.4 Å². The van der Waals surface area contributed by atoms with Gasteiger partial charge in [-0.05, 0) is 30.7 Å². The van der Waals surface area contributed by atoms with E-state index in [4.69, 9.17) is 21.6 Å². The number of carbonyl (C=O) groups excluding carboxylic acids is 2. The summed E-state index contributed by atoms with van der Waals surface area (Å²) in [4.78, 5) is 30.8. The van der Waals surface area contributed by atoms with Crippen molar-refractivity contribution in [3.63, 3.8) is 0 Å². The second-order valence-corrected chi connectivity index (χ2v) is 8.00. The minimum absolute atomic E-state index is 0.0190. The van der Waals surface area contributed by atoms with Crippen molar-refractivity contribution in [2.24, 2.45) is 0 Å². The first kappa shape index (κ1) is 22.5. The lowest BCUT2D eigenvalue weighted by Gasteiger charge is -2.22. The third kappa shape index (κ3) is 6.14. The zero-order valence-electron chi connectivity index (χ0n) is 16.9. The van der Waals surface area contributed by atoms with Crippen molar-refractivity contribution in [1.29, 1.82) is 5.26 Å². The average molecular weight is 454 g/mol. The van der Waals surface area contributed by atoms with Crippen molar-refractivity contribution in [2.75, 3.05) is 18.1 Å². The molecule has 0 aliphatic carbocycles. The van der Waals surface area contributed by atoms with E-state index in [9.17, 15) is 9.59 Å². The monoisotopic (exact) mass is 453 g/mol. The molecule has 1 aromatic heterocycles. The van der Waals surface area contributed by atoms with Gasteiger partial charge in [0.2, 0.25) is 0 Å². The fourth-order valence-corrected chi connectivity index (χ4v) is 3.82. The quantitative estimate of drug-likeness (QED) is 0.457. The first-order valence-electron chi connectivity index (χ1n) is 9.57. The summed E-state index contributed by atoms with van der Waals surface area (Å²) in [5.41, 5.74) is 2.98. The molecule has 0 fully saturated rings. The van der Waals surface area contributed by atoms with Gasteiger partial charge in [-0.15, -0.1) is 11.3 Å². The molecule has 0 spiro atoms. The minimum atomic E-state index is -0.536. The number of hydrogen-bond donors (Lipinski definition) is 0. The van der Waals surface area contributed by atoms with Crippen molar-refractivity contribution in [3.8, 4) is 16.6 Å². The van der Waals surface area contributed by atoms with Crippen LogP contribution in [0.3, 0.4) is 0 Å². The third-order valence-corrected chi connectivity index (χ3v) is 5.82. The number of aromatic nitrogens is 1. The van der Waals surface area contributed by atoms with Gasteiger partial charge in [0, 0.05) is 28.2 Å². The SMILES string of the molecule is Cc1cc(N(CCC#N)C(=O)COC(=O)Cc2csc(-c3ccccc3)n2)ccc1Cl. The smallest absolute Gasteiger partial charge is 0.312 e. The molecule has 31 heavy (non-hydrogen) atoms. The van der Waals surface area contributed by atoms with Crippen LogP contribution in [0.4, 0.5) is 5.69 Å². The molecule has 0 saturated carbocycles. The van der Waals surface area contributed by atoms with Crippen LogP contribution in [0.5, 0.6) is 0 Å². The highest BCUT2D eigenvalue weighted by atomic mass is 35.5. The summed E-state index contributed by atoms with van der Waals surface area (Å²) >= 11 is 7.51. The van der Waals surface area contributed by atoms with Crippen molar-refractivity contribution < 1.29 is 14.3 Å². The molecule has 0 atom stereocenters. The summed E-state index contributed by atoms with van der Waals surface area (Å²) in [6.45, 7) is 1.61. The molecular formula is C23H20ClN3O3S. The number of aryl methyl sites for hydroxylation is 1. The van der Waals surface area contributed by atoms with Gasteiger partial charge in [-0.1, -0.05) is 41.9 Å². The van der Waals surface area contributed by atoms with Crippen molar-refractivity contribution in [2.45, 2.75) is 19.8 Å². The Hall–Kier alpha value is -3.21. The highest BCUT2D eigenvalue weighted by Crippen LogP contribution is 2.24. The predicted molar refractivity (Wildman–Crippen MR) is 121 cm³/mol. The molecule has 0 radical (unpaired) electrons. The van der Waals surface area contributed by atoms with Gasteiger partial charge in [-0.25, -0.2) is 4.98 Å². The van der Waals surface area contributed by atoms with E-state index in [1.54, 1.807) is 23.6 Å². The molecular weight excluding hydrogens is 434 g/mol. The van der Waals surface area contributed by atoms with E-state index in [1.165, 1.54) is 16.2 Å². The van der Waals surface area contributed by atoms with Crippen LogP contribution in [-0.4, -0.2) is 30.0 Å². The largest absolute Gasteiger partial charge is 0.455 e. The number of esters is 1. The zero-order chi connectivity index (χ0) is 22.2. The molecule has 0 saturated heterocycles. The molecule has 0 aliphatic rings. The molecule has 0 aliphatic heterocycles. The number of halogens is 1. The van der Waals surface area contributed by atoms with Gasteiger partial charge in [-0.3, -0.25) is 9.59 Å². The van der Waals surface area contributed by atoms with E-state index in [1.807, 2.05) is 43.3 Å². The Labute approximate surface area is 189 Å². The third-order valence-electron chi connectivity index (χ3n) is 4.46. The summed E-state index contributed by atoms with van der Waals surface area (Å²) in [5, 5.41) is 12.1. The van der Waals surface area contributed by atoms with Crippen molar-refractivity contribution in [3.05, 3.63) is 70.2 Å². The molecule has 0 N–H and O–H groups in total. The average Bonchev–Trinajstić information content (AvgIpc) is 3.24. The fourth-order valence-electron chi connectivity index (χ4n) is 2.88. The molecule has 6 nitrogen and oxygen atoms in total. The van der Waals surface area contributed by atoms with E-state index in [0.29, 0.717) is 16.4 Å². The van der Waals surface area contributed by atoms with E-state index >= 15 is 0 Å². The maximum atomic E-state index is 12.7. The highest BCUT2D eigenvalue weighted by Gasteiger charge is 2.19. The normalized spacial score (nSPS) is 10.4. The molecule has 0 unspecified atom stereocenters. The van der Waals surface area contributed by atoms with Gasteiger partial charge >= 0.3 is 5.97 Å². The summed E-state index contributed by atoms with van der Waals surface area (Å²) in [7, 11) is 0. The Morgan fingerprint density at radius 3 is 2.71 bits per heavy atom. The number of nitrogens with zero attached hydrogens (tertiary/aromatic N) is 3. The Balaban J connectivity index is 1.60. The predicted octanol–water partition coefficient (Wildman–Crippen LogP) is 4.80. The molecule has 1 heterocycles. The number of hydrogen-bond acceptors (Lipinski definition) is 6. The number of amides is 1. The first-order valence-corrected chi connectivity index (χ1v) is 10.8. The Bertz CT molecular complexity index is 1110. The second-order valence-electron chi connectivity index (χ2n) is 6.73. The minimum Gasteiger partial charge on any atom is -0.455 e. The lowest BCUT2D eigenvalue weighted by molar-refractivity contribution is -0.147. The fraction of sp³-hybridized carbons (Fsp3) is 0.217. The molecule has 2 aromatic carbocycles. The summed E-state index contributed by atoms with van der Waals surface area (Å²) in [6, 6.07) is 16.9. The Kier molecular flexibility index (Phi) is 7.76. The number of nitriles is 1. The Morgan fingerprint density at radius 1 is 1.23 bits per heavy atom. The topological polar surface area (TPSA) is 83.3 Å². The van der Waals surface area contributed by atoms with Gasteiger partial charge in [0.05, 0.1) is 24.6 Å². The van der Waals surface area contributed by atoms with Crippen LogP contribution in [-0.2, 0) is 20.7 Å². The van der Waals surface area contributed by atoms with Crippen LogP contribution in [0.2, 0.25) is 5.02 Å². The van der Waals surface area contributed by atoms with E-state index in [0.717, 1.165) is 16.1 Å². The first-order chi connectivity index (χ1) is 15.0. The molecule has 3 rings (SSSR count). The number of carbonyl (C=O) groups is 2. The van der Waals surface area contributed by atoms with Crippen LogP contribution < -0.4 is 4.90 Å². The Morgan fingerprint density at radius 2 is 2.00 bits per heavy atom. The second kappa shape index (κ2) is 10.7. The number of benzene rings is 2. The lowest BCUT2D eigenvalue weighted by Crippen LogP contribution is -2.35. The zero-order valence-corrected chi connectivity index (χ0v) is 18.4. The van der Waals surface area contributed by atoms with Crippen LogP contribution >= 0.6 is 22.9 Å². The summed E-state index contributed by atoms with van der Waals surface area (Å²) < 4.78 is 5.18. The molecule has 3 aromatic rings. The maximum Gasteiger partial charge on any atom is 0.312 e. The highest BCUT2D eigenvalue weighted by molar-refractivity contribution is 7.13. The standard InChI is InChI=1S/C23H20ClN3O3S/c1-16-12-19(8-9-20(16)24)27(11-5-10-25)21(28)14-30-22(29)13-18-15-31-23(26-18)17-6-3-2-4-7-17/h2-4,6-9,12,15H,5,11,13-14H2,1H3. The molecule has 0 bridgehead atoms. The van der Waals surface area contributed by atoms with Crippen molar-refractivity contribution in [1.82, 2.24) is 4.98 Å². The van der Waals surface area contributed by atoms with Crippen LogP contribution in [0.15, 0.2) is 53.9 Å². The van der Waals surface area contributed by atoms with Gasteiger partial charge in [0.25, 0.3) is 5.91 Å². The lowest BCUT2D eigenvalue weighted by atomic mass is 10.2. The molecule has 158 valence electrons. The van der Waals surface area contributed by atoms with Gasteiger partial charge in [0.1, 0.15) is 5.01 Å². The van der Waals surface area contributed by atoms with Crippen LogP contribution in [0.1, 0.15) is 17.7 Å².